The van der Waals surface area contributed by atoms with Crippen LogP contribution in [0.4, 0.5) is 8.78 Å². The van der Waals surface area contributed by atoms with E-state index in [-0.39, 0.29) is 0 Å². The molecule has 0 radical (unpaired) electrons. The van der Waals surface area contributed by atoms with E-state index in [4.69, 9.17) is 17.3 Å². The molecule has 1 rings (SSSR count). The number of alkyl halides is 2. The maximum absolute atomic E-state index is 12.8. The van der Waals surface area contributed by atoms with Gasteiger partial charge in [-0.3, -0.25) is 0 Å². The summed E-state index contributed by atoms with van der Waals surface area (Å²) in [5.74, 6) is -3.26. The zero-order chi connectivity index (χ0) is 14.5. The van der Waals surface area contributed by atoms with Crippen LogP contribution in [0, 0.1) is 0 Å². The summed E-state index contributed by atoms with van der Waals surface area (Å²) in [6, 6.07) is 6.37. The predicted octanol–water partition coefficient (Wildman–Crippen LogP) is 1.82. The summed E-state index contributed by atoms with van der Waals surface area (Å²) >= 11 is 5.67. The van der Waals surface area contributed by atoms with Crippen molar-refractivity contribution in [3.05, 3.63) is 40.3 Å². The molecule has 0 atom stereocenters. The Morgan fingerprint density at radius 1 is 1.32 bits per heavy atom. The number of hydrogen-bond acceptors (Lipinski definition) is 3. The first kappa shape index (κ1) is 16.0. The van der Waals surface area contributed by atoms with Crippen molar-refractivity contribution in [2.45, 2.75) is 5.92 Å². The summed E-state index contributed by atoms with van der Waals surface area (Å²) in [6.45, 7) is -1.95. The van der Waals surface area contributed by atoms with Gasteiger partial charge in [0, 0.05) is 10.4 Å². The molecule has 3 N–H and O–H groups in total. The minimum Gasteiger partial charge on any atom is -0.325 e. The summed E-state index contributed by atoms with van der Waals surface area (Å²) in [5.41, 5.74) is 5.38. The Bertz CT molecular complexity index is 544. The van der Waals surface area contributed by atoms with Crippen molar-refractivity contribution in [3.63, 3.8) is 0 Å². The van der Waals surface area contributed by atoms with Gasteiger partial charge >= 0.3 is 0 Å². The SMILES string of the molecule is NCC(F)(F)CNS(=O)(=O)/C=C/c1ccc(Cl)cc1. The Hall–Kier alpha value is -1.02. The number of halogens is 3. The molecule has 0 amide bonds. The van der Waals surface area contributed by atoms with Gasteiger partial charge in [0.25, 0.3) is 5.92 Å². The summed E-state index contributed by atoms with van der Waals surface area (Å²) in [6.07, 6.45) is 1.28. The summed E-state index contributed by atoms with van der Waals surface area (Å²) < 4.78 is 50.2. The van der Waals surface area contributed by atoms with Gasteiger partial charge in [0.15, 0.2) is 0 Å². The average molecular weight is 311 g/mol. The van der Waals surface area contributed by atoms with Gasteiger partial charge in [-0.05, 0) is 23.8 Å². The van der Waals surface area contributed by atoms with E-state index < -0.39 is 29.0 Å². The Labute approximate surface area is 115 Å². The molecule has 0 spiro atoms. The van der Waals surface area contributed by atoms with Gasteiger partial charge in [-0.1, -0.05) is 23.7 Å². The van der Waals surface area contributed by atoms with Crippen molar-refractivity contribution < 1.29 is 17.2 Å². The Kier molecular flexibility index (Phi) is 5.42. The topological polar surface area (TPSA) is 72.2 Å². The summed E-state index contributed by atoms with van der Waals surface area (Å²) in [4.78, 5) is 0. The summed E-state index contributed by atoms with van der Waals surface area (Å²) in [7, 11) is -3.93. The quantitative estimate of drug-likeness (QED) is 0.842. The minimum absolute atomic E-state index is 0.515. The zero-order valence-electron chi connectivity index (χ0n) is 9.81. The fourth-order valence-corrected chi connectivity index (χ4v) is 2.04. The van der Waals surface area contributed by atoms with Crippen LogP contribution in [0.25, 0.3) is 6.08 Å². The molecule has 1 aromatic rings. The third kappa shape index (κ3) is 6.11. The fourth-order valence-electron chi connectivity index (χ4n) is 1.07. The molecule has 0 aliphatic heterocycles. The third-order valence-electron chi connectivity index (χ3n) is 2.14. The lowest BCUT2D eigenvalue weighted by Crippen LogP contribution is -2.40. The van der Waals surface area contributed by atoms with Crippen molar-refractivity contribution in [1.29, 1.82) is 0 Å². The molecule has 0 aliphatic carbocycles. The second-order valence-corrected chi connectivity index (χ2v) is 5.87. The maximum atomic E-state index is 12.8. The van der Waals surface area contributed by atoms with Crippen LogP contribution in [0.3, 0.4) is 0 Å². The van der Waals surface area contributed by atoms with Crippen molar-refractivity contribution in [1.82, 2.24) is 4.72 Å². The highest BCUT2D eigenvalue weighted by Crippen LogP contribution is 2.12. The van der Waals surface area contributed by atoms with Gasteiger partial charge in [-0.2, -0.15) is 0 Å². The number of sulfonamides is 1. The number of nitrogens with two attached hydrogens (primary N) is 1. The van der Waals surface area contributed by atoms with Gasteiger partial charge < -0.3 is 5.73 Å². The highest BCUT2D eigenvalue weighted by Gasteiger charge is 2.28. The molecule has 0 saturated carbocycles. The molecule has 1 aromatic carbocycles. The highest BCUT2D eigenvalue weighted by molar-refractivity contribution is 7.92. The molecule has 19 heavy (non-hydrogen) atoms. The van der Waals surface area contributed by atoms with Crippen LogP contribution in [0.1, 0.15) is 5.56 Å². The zero-order valence-corrected chi connectivity index (χ0v) is 11.4. The molecule has 8 heteroatoms. The van der Waals surface area contributed by atoms with Gasteiger partial charge in [0.1, 0.15) is 0 Å². The molecular weight excluding hydrogens is 298 g/mol. The predicted molar refractivity (Wildman–Crippen MR) is 71.4 cm³/mol. The summed E-state index contributed by atoms with van der Waals surface area (Å²) in [5, 5.41) is 1.32. The smallest absolute Gasteiger partial charge is 0.273 e. The molecule has 0 unspecified atom stereocenters. The first-order valence-corrected chi connectivity index (χ1v) is 7.18. The molecule has 0 heterocycles. The van der Waals surface area contributed by atoms with E-state index in [2.05, 4.69) is 0 Å². The first-order valence-electron chi connectivity index (χ1n) is 5.25. The second kappa shape index (κ2) is 6.42. The van der Waals surface area contributed by atoms with E-state index in [9.17, 15) is 17.2 Å². The van der Waals surface area contributed by atoms with Crippen LogP contribution >= 0.6 is 11.6 Å². The molecule has 0 aliphatic rings. The lowest BCUT2D eigenvalue weighted by molar-refractivity contribution is 0.0171. The Morgan fingerprint density at radius 2 is 1.89 bits per heavy atom. The van der Waals surface area contributed by atoms with Crippen molar-refractivity contribution in [2.75, 3.05) is 13.1 Å². The molecular formula is C11H13ClF2N2O2S. The minimum atomic E-state index is -3.93. The Morgan fingerprint density at radius 3 is 2.42 bits per heavy atom. The van der Waals surface area contributed by atoms with Gasteiger partial charge in [0.2, 0.25) is 10.0 Å². The van der Waals surface area contributed by atoms with Gasteiger partial charge in [0.05, 0.1) is 13.1 Å². The Balaban J connectivity index is 2.67. The van der Waals surface area contributed by atoms with Gasteiger partial charge in [-0.25, -0.2) is 21.9 Å². The number of nitrogens with one attached hydrogen (secondary N) is 1. The fraction of sp³-hybridized carbons (Fsp3) is 0.273. The van der Waals surface area contributed by atoms with E-state index in [0.29, 0.717) is 10.6 Å². The molecule has 0 aromatic heterocycles. The van der Waals surface area contributed by atoms with Gasteiger partial charge in [-0.15, -0.1) is 0 Å². The number of hydrogen-bond donors (Lipinski definition) is 2. The normalized spacial score (nSPS) is 13.1. The van der Waals surface area contributed by atoms with Crippen LogP contribution in [-0.2, 0) is 10.0 Å². The standard InChI is InChI=1S/C11H13ClF2N2O2S/c12-10-3-1-9(2-4-10)5-6-19(17,18)16-8-11(13,14)7-15/h1-6,16H,7-8,15H2/b6-5+. The van der Waals surface area contributed by atoms with E-state index in [1.54, 1.807) is 29.0 Å². The molecule has 106 valence electrons. The third-order valence-corrected chi connectivity index (χ3v) is 3.43. The van der Waals surface area contributed by atoms with Crippen LogP contribution in [-0.4, -0.2) is 27.4 Å². The number of benzene rings is 1. The molecule has 4 nitrogen and oxygen atoms in total. The van der Waals surface area contributed by atoms with Crippen molar-refractivity contribution >= 4 is 27.7 Å². The van der Waals surface area contributed by atoms with E-state index in [0.717, 1.165) is 5.41 Å². The maximum Gasteiger partial charge on any atom is 0.273 e. The number of rotatable bonds is 6. The van der Waals surface area contributed by atoms with Crippen molar-refractivity contribution in [2.24, 2.45) is 5.73 Å². The van der Waals surface area contributed by atoms with E-state index in [1.165, 1.54) is 6.08 Å². The largest absolute Gasteiger partial charge is 0.325 e. The van der Waals surface area contributed by atoms with E-state index in [1.807, 2.05) is 0 Å². The monoisotopic (exact) mass is 310 g/mol. The molecule has 0 fully saturated rings. The lowest BCUT2D eigenvalue weighted by atomic mass is 10.2. The van der Waals surface area contributed by atoms with Crippen LogP contribution in [0.2, 0.25) is 5.02 Å². The van der Waals surface area contributed by atoms with Crippen LogP contribution in [0.5, 0.6) is 0 Å². The molecule has 0 saturated heterocycles. The van der Waals surface area contributed by atoms with Crippen molar-refractivity contribution in [3.8, 4) is 0 Å². The molecule has 0 bridgehead atoms. The van der Waals surface area contributed by atoms with E-state index >= 15 is 0 Å². The first-order chi connectivity index (χ1) is 8.74. The van der Waals surface area contributed by atoms with Crippen LogP contribution in [0.15, 0.2) is 29.7 Å². The average Bonchev–Trinajstić information content (AvgIpc) is 2.36. The highest BCUT2D eigenvalue weighted by atomic mass is 35.5. The second-order valence-electron chi connectivity index (χ2n) is 3.78. The lowest BCUT2D eigenvalue weighted by Gasteiger charge is -2.13. The van der Waals surface area contributed by atoms with Crippen LogP contribution < -0.4 is 10.5 Å².